The number of carbonyl (C=O) groups is 2. The first-order valence-electron chi connectivity index (χ1n) is 6.54. The van der Waals surface area contributed by atoms with Crippen LogP contribution >= 0.6 is 0 Å². The lowest BCUT2D eigenvalue weighted by molar-refractivity contribution is 0.0589. The number of esters is 1. The van der Waals surface area contributed by atoms with Crippen molar-refractivity contribution in [3.05, 3.63) is 59.7 Å². The Morgan fingerprint density at radius 2 is 1.95 bits per heavy atom. The number of halogens is 1. The van der Waals surface area contributed by atoms with Gasteiger partial charge in [-0.25, -0.2) is 9.18 Å². The van der Waals surface area contributed by atoms with E-state index in [-0.39, 0.29) is 18.0 Å². The van der Waals surface area contributed by atoms with Crippen molar-refractivity contribution in [1.29, 1.82) is 0 Å². The van der Waals surface area contributed by atoms with Gasteiger partial charge in [-0.2, -0.15) is 0 Å². The van der Waals surface area contributed by atoms with Crippen molar-refractivity contribution in [3.63, 3.8) is 0 Å². The van der Waals surface area contributed by atoms with E-state index in [0.717, 1.165) is 0 Å². The largest absolute Gasteiger partial charge is 0.464 e. The van der Waals surface area contributed by atoms with Gasteiger partial charge in [0.2, 0.25) is 0 Å². The van der Waals surface area contributed by atoms with Crippen molar-refractivity contribution in [2.45, 2.75) is 6.54 Å². The number of Topliss-reactive ketones (excluding diaryl/α,β-unsaturated/α-hetero) is 1. The van der Waals surface area contributed by atoms with E-state index in [4.69, 9.17) is 9.15 Å². The number of hydrogen-bond donors (Lipinski definition) is 0. The van der Waals surface area contributed by atoms with Crippen molar-refractivity contribution in [1.82, 2.24) is 4.57 Å². The molecule has 0 saturated carbocycles. The molecule has 0 bridgehead atoms. The molecule has 0 unspecified atom stereocenters. The number of rotatable bonds is 4. The summed E-state index contributed by atoms with van der Waals surface area (Å²) < 4.78 is 24.4. The molecule has 0 aliphatic heterocycles. The van der Waals surface area contributed by atoms with Crippen LogP contribution in [-0.2, 0) is 11.3 Å². The summed E-state index contributed by atoms with van der Waals surface area (Å²) in [7, 11) is 1.27. The Labute approximate surface area is 124 Å². The van der Waals surface area contributed by atoms with E-state index >= 15 is 0 Å². The summed E-state index contributed by atoms with van der Waals surface area (Å²) in [6.45, 7) is -0.0703. The summed E-state index contributed by atoms with van der Waals surface area (Å²) in [4.78, 5) is 24.1. The van der Waals surface area contributed by atoms with Gasteiger partial charge < -0.3 is 13.7 Å². The van der Waals surface area contributed by atoms with Crippen LogP contribution in [0.1, 0.15) is 20.8 Å². The zero-order valence-corrected chi connectivity index (χ0v) is 11.7. The number of hydrogen-bond acceptors (Lipinski definition) is 4. The molecular weight excluding hydrogens is 289 g/mol. The van der Waals surface area contributed by atoms with Crippen LogP contribution in [0.25, 0.3) is 11.1 Å². The van der Waals surface area contributed by atoms with Gasteiger partial charge in [0.25, 0.3) is 0 Å². The third-order valence-electron chi connectivity index (χ3n) is 3.39. The van der Waals surface area contributed by atoms with Gasteiger partial charge in [-0.3, -0.25) is 4.79 Å². The van der Waals surface area contributed by atoms with Crippen LogP contribution in [0, 0.1) is 5.82 Å². The molecule has 3 rings (SSSR count). The third-order valence-corrected chi connectivity index (χ3v) is 3.39. The number of ether oxygens (including phenoxy) is 1. The average Bonchev–Trinajstić information content (AvgIpc) is 3.09. The fraction of sp³-hybridized carbons (Fsp3) is 0.125. The summed E-state index contributed by atoms with van der Waals surface area (Å²) >= 11 is 0. The molecule has 112 valence electrons. The number of aromatic nitrogens is 1. The SMILES string of the molecule is COC(=O)c1cc2occc2n1CC(=O)c1ccc(F)cc1. The summed E-state index contributed by atoms with van der Waals surface area (Å²) in [5, 5.41) is 0. The molecular formula is C16H12FNO4. The minimum Gasteiger partial charge on any atom is -0.464 e. The molecule has 2 heterocycles. The first-order chi connectivity index (χ1) is 10.6. The van der Waals surface area contributed by atoms with E-state index in [1.807, 2.05) is 0 Å². The normalized spacial score (nSPS) is 10.8. The Balaban J connectivity index is 1.98. The molecule has 0 fully saturated rings. The van der Waals surface area contributed by atoms with Gasteiger partial charge in [-0.1, -0.05) is 0 Å². The predicted molar refractivity (Wildman–Crippen MR) is 76.3 cm³/mol. The van der Waals surface area contributed by atoms with Crippen molar-refractivity contribution in [2.75, 3.05) is 7.11 Å². The topological polar surface area (TPSA) is 61.4 Å². The molecule has 0 radical (unpaired) electrons. The van der Waals surface area contributed by atoms with Gasteiger partial charge in [0.15, 0.2) is 11.4 Å². The number of furan rings is 1. The first-order valence-corrected chi connectivity index (χ1v) is 6.54. The number of carbonyl (C=O) groups excluding carboxylic acids is 2. The van der Waals surface area contributed by atoms with E-state index in [0.29, 0.717) is 16.7 Å². The maximum absolute atomic E-state index is 12.9. The molecule has 22 heavy (non-hydrogen) atoms. The van der Waals surface area contributed by atoms with Crippen LogP contribution in [0.5, 0.6) is 0 Å². The van der Waals surface area contributed by atoms with Crippen molar-refractivity contribution in [3.8, 4) is 0 Å². The lowest BCUT2D eigenvalue weighted by atomic mass is 10.1. The number of ketones is 1. The van der Waals surface area contributed by atoms with Crippen LogP contribution in [0.15, 0.2) is 47.1 Å². The monoisotopic (exact) mass is 301 g/mol. The molecule has 3 aromatic rings. The average molecular weight is 301 g/mol. The summed E-state index contributed by atoms with van der Waals surface area (Å²) in [5.41, 5.74) is 1.71. The van der Waals surface area contributed by atoms with E-state index in [1.165, 1.54) is 48.3 Å². The highest BCUT2D eigenvalue weighted by molar-refractivity contribution is 5.99. The zero-order chi connectivity index (χ0) is 15.7. The maximum atomic E-state index is 12.9. The highest BCUT2D eigenvalue weighted by Gasteiger charge is 2.20. The van der Waals surface area contributed by atoms with E-state index < -0.39 is 11.8 Å². The molecule has 0 saturated heterocycles. The van der Waals surface area contributed by atoms with Crippen molar-refractivity contribution in [2.24, 2.45) is 0 Å². The standard InChI is InChI=1S/C16H12FNO4/c1-21-16(20)13-8-15-12(6-7-22-15)18(13)9-14(19)10-2-4-11(17)5-3-10/h2-8H,9H2,1H3. The van der Waals surface area contributed by atoms with E-state index in [2.05, 4.69) is 0 Å². The number of methoxy groups -OCH3 is 1. The summed E-state index contributed by atoms with van der Waals surface area (Å²) in [6, 6.07) is 8.45. The molecule has 0 spiro atoms. The van der Waals surface area contributed by atoms with Gasteiger partial charge in [-0.05, 0) is 24.3 Å². The van der Waals surface area contributed by atoms with Crippen LogP contribution in [0.4, 0.5) is 4.39 Å². The third kappa shape index (κ3) is 2.39. The van der Waals surface area contributed by atoms with Crippen LogP contribution in [0.3, 0.4) is 0 Å². The number of fused-ring (bicyclic) bond motifs is 1. The molecule has 0 atom stereocenters. The van der Waals surface area contributed by atoms with E-state index in [1.54, 1.807) is 6.07 Å². The van der Waals surface area contributed by atoms with Gasteiger partial charge in [0, 0.05) is 17.7 Å². The molecule has 5 nitrogen and oxygen atoms in total. The molecule has 2 aromatic heterocycles. The van der Waals surface area contributed by atoms with Gasteiger partial charge in [-0.15, -0.1) is 0 Å². The van der Waals surface area contributed by atoms with E-state index in [9.17, 15) is 14.0 Å². The lowest BCUT2D eigenvalue weighted by Crippen LogP contribution is -2.16. The van der Waals surface area contributed by atoms with Crippen LogP contribution < -0.4 is 0 Å². The van der Waals surface area contributed by atoms with Gasteiger partial charge in [0.05, 0.1) is 25.4 Å². The quantitative estimate of drug-likeness (QED) is 0.549. The Bertz CT molecular complexity index is 845. The van der Waals surface area contributed by atoms with Crippen LogP contribution in [-0.4, -0.2) is 23.4 Å². The Morgan fingerprint density at radius 3 is 2.64 bits per heavy atom. The number of benzene rings is 1. The number of nitrogens with zero attached hydrogens (tertiary/aromatic N) is 1. The molecule has 1 aromatic carbocycles. The predicted octanol–water partition coefficient (Wildman–Crippen LogP) is 3.04. The highest BCUT2D eigenvalue weighted by atomic mass is 19.1. The van der Waals surface area contributed by atoms with Crippen LogP contribution in [0.2, 0.25) is 0 Å². The molecule has 0 aliphatic rings. The summed E-state index contributed by atoms with van der Waals surface area (Å²) in [5.74, 6) is -1.22. The molecule has 0 aliphatic carbocycles. The minimum atomic E-state index is -0.557. The fourth-order valence-corrected chi connectivity index (χ4v) is 2.29. The summed E-state index contributed by atoms with van der Waals surface area (Å²) in [6.07, 6.45) is 1.48. The van der Waals surface area contributed by atoms with Crippen molar-refractivity contribution >= 4 is 22.9 Å². The second-order valence-corrected chi connectivity index (χ2v) is 4.71. The smallest absolute Gasteiger partial charge is 0.354 e. The van der Waals surface area contributed by atoms with Gasteiger partial charge >= 0.3 is 5.97 Å². The molecule has 0 amide bonds. The second-order valence-electron chi connectivity index (χ2n) is 4.71. The first kappa shape index (κ1) is 14.1. The molecule has 0 N–H and O–H groups in total. The Kier molecular flexibility index (Phi) is 3.50. The Morgan fingerprint density at radius 1 is 1.23 bits per heavy atom. The zero-order valence-electron chi connectivity index (χ0n) is 11.7. The Hall–Kier alpha value is -2.89. The lowest BCUT2D eigenvalue weighted by Gasteiger charge is -2.08. The van der Waals surface area contributed by atoms with Crippen molar-refractivity contribution < 1.29 is 23.1 Å². The fourth-order valence-electron chi connectivity index (χ4n) is 2.29. The minimum absolute atomic E-state index is 0.0703. The second kappa shape index (κ2) is 5.48. The van der Waals surface area contributed by atoms with Gasteiger partial charge in [0.1, 0.15) is 11.5 Å². The molecule has 6 heteroatoms. The highest BCUT2D eigenvalue weighted by Crippen LogP contribution is 2.22. The maximum Gasteiger partial charge on any atom is 0.354 e.